The Morgan fingerprint density at radius 3 is 2.56 bits per heavy atom. The lowest BCUT2D eigenvalue weighted by molar-refractivity contribution is -0.140. The molecule has 0 aromatic carbocycles. The predicted molar refractivity (Wildman–Crippen MR) is 69.5 cm³/mol. The van der Waals surface area contributed by atoms with Gasteiger partial charge in [-0.05, 0) is 34.8 Å². The molecule has 0 unspecified atom stereocenters. The van der Waals surface area contributed by atoms with E-state index in [1.165, 1.54) is 0 Å². The van der Waals surface area contributed by atoms with Crippen molar-refractivity contribution in [2.24, 2.45) is 5.92 Å². The van der Waals surface area contributed by atoms with Crippen LogP contribution in [0.5, 0.6) is 0 Å². The van der Waals surface area contributed by atoms with E-state index in [2.05, 4.69) is 21.2 Å². The van der Waals surface area contributed by atoms with Gasteiger partial charge >= 0.3 is 5.97 Å². The molecule has 1 rings (SSSR count). The van der Waals surface area contributed by atoms with Gasteiger partial charge in [-0.25, -0.2) is 4.79 Å². The second kappa shape index (κ2) is 6.04. The molecule has 5 nitrogen and oxygen atoms in total. The standard InChI is InChI=1S/C12H16BrNO4/c1-4-6(2)9(12(16)17)14-11(15)10-7(3)5-8(13)18-10/h5-6,9H,4H2,1-3H3,(H,14,15)(H,16,17)/t6-,9-/m0/s1. The summed E-state index contributed by atoms with van der Waals surface area (Å²) < 4.78 is 5.63. The number of carboxylic acid groups (broad SMARTS) is 1. The van der Waals surface area contributed by atoms with E-state index in [4.69, 9.17) is 9.52 Å². The van der Waals surface area contributed by atoms with Crippen molar-refractivity contribution in [2.45, 2.75) is 33.2 Å². The van der Waals surface area contributed by atoms with Gasteiger partial charge in [-0.1, -0.05) is 20.3 Å². The Labute approximate surface area is 114 Å². The fourth-order valence-corrected chi connectivity index (χ4v) is 2.06. The summed E-state index contributed by atoms with van der Waals surface area (Å²) in [7, 11) is 0. The van der Waals surface area contributed by atoms with Gasteiger partial charge in [-0.3, -0.25) is 4.79 Å². The number of rotatable bonds is 5. The molecule has 1 aromatic rings. The average molecular weight is 318 g/mol. The van der Waals surface area contributed by atoms with Crippen molar-refractivity contribution in [3.8, 4) is 0 Å². The Hall–Kier alpha value is -1.30. The van der Waals surface area contributed by atoms with E-state index in [9.17, 15) is 9.59 Å². The van der Waals surface area contributed by atoms with Crippen molar-refractivity contribution in [1.82, 2.24) is 5.32 Å². The van der Waals surface area contributed by atoms with Crippen LogP contribution in [0, 0.1) is 12.8 Å². The van der Waals surface area contributed by atoms with Gasteiger partial charge in [0, 0.05) is 5.56 Å². The van der Waals surface area contributed by atoms with Crippen LogP contribution in [0.15, 0.2) is 15.2 Å². The molecule has 1 amide bonds. The minimum absolute atomic E-state index is 0.136. The number of hydrogen-bond acceptors (Lipinski definition) is 3. The summed E-state index contributed by atoms with van der Waals surface area (Å²) in [5.41, 5.74) is 0.660. The van der Waals surface area contributed by atoms with Crippen molar-refractivity contribution in [3.63, 3.8) is 0 Å². The highest BCUT2D eigenvalue weighted by atomic mass is 79.9. The predicted octanol–water partition coefficient (Wildman–Crippen LogP) is 2.58. The number of carbonyl (C=O) groups is 2. The highest BCUT2D eigenvalue weighted by Gasteiger charge is 2.27. The first-order valence-corrected chi connectivity index (χ1v) is 6.45. The third-order valence-electron chi connectivity index (χ3n) is 2.86. The second-order valence-corrected chi connectivity index (χ2v) is 5.02. The lowest BCUT2D eigenvalue weighted by Crippen LogP contribution is -2.45. The Balaban J connectivity index is 2.85. The third kappa shape index (κ3) is 3.35. The molecule has 6 heteroatoms. The number of nitrogens with one attached hydrogen (secondary N) is 1. The van der Waals surface area contributed by atoms with Crippen LogP contribution in [0.3, 0.4) is 0 Å². The summed E-state index contributed by atoms with van der Waals surface area (Å²) in [6.45, 7) is 5.38. The van der Waals surface area contributed by atoms with Crippen LogP contribution in [0.2, 0.25) is 0 Å². The molecule has 0 aliphatic carbocycles. The molecular weight excluding hydrogens is 302 g/mol. The molecule has 0 aliphatic rings. The largest absolute Gasteiger partial charge is 0.480 e. The number of aliphatic carboxylic acids is 1. The Bertz CT molecular complexity index is 455. The van der Waals surface area contributed by atoms with Gasteiger partial charge in [0.25, 0.3) is 5.91 Å². The highest BCUT2D eigenvalue weighted by molar-refractivity contribution is 9.10. The molecule has 0 aliphatic heterocycles. The van der Waals surface area contributed by atoms with Gasteiger partial charge in [0.15, 0.2) is 10.4 Å². The fourth-order valence-electron chi connectivity index (χ4n) is 1.56. The second-order valence-electron chi connectivity index (χ2n) is 4.24. The average Bonchev–Trinajstić information content (AvgIpc) is 2.63. The summed E-state index contributed by atoms with van der Waals surface area (Å²) in [6.07, 6.45) is 0.665. The Kier molecular flexibility index (Phi) is 4.95. The van der Waals surface area contributed by atoms with Gasteiger partial charge in [0.05, 0.1) is 0 Å². The fraction of sp³-hybridized carbons (Fsp3) is 0.500. The zero-order valence-corrected chi connectivity index (χ0v) is 12.1. The van der Waals surface area contributed by atoms with Gasteiger partial charge in [0.1, 0.15) is 6.04 Å². The van der Waals surface area contributed by atoms with Crippen LogP contribution >= 0.6 is 15.9 Å². The third-order valence-corrected chi connectivity index (χ3v) is 3.25. The first-order chi connectivity index (χ1) is 8.36. The minimum atomic E-state index is -1.04. The number of carbonyl (C=O) groups excluding carboxylic acids is 1. The molecule has 0 radical (unpaired) electrons. The Morgan fingerprint density at radius 1 is 1.56 bits per heavy atom. The molecule has 0 saturated heterocycles. The van der Waals surface area contributed by atoms with E-state index in [0.29, 0.717) is 16.7 Å². The molecule has 100 valence electrons. The van der Waals surface area contributed by atoms with Gasteiger partial charge in [-0.2, -0.15) is 0 Å². The molecule has 0 saturated carbocycles. The van der Waals surface area contributed by atoms with Crippen molar-refractivity contribution in [3.05, 3.63) is 22.1 Å². The first kappa shape index (κ1) is 14.8. The number of hydrogen-bond donors (Lipinski definition) is 2. The number of halogens is 1. The normalized spacial score (nSPS) is 14.0. The summed E-state index contributed by atoms with van der Waals surface area (Å²) in [5, 5.41) is 11.6. The zero-order valence-electron chi connectivity index (χ0n) is 10.5. The maximum atomic E-state index is 11.9. The lowest BCUT2D eigenvalue weighted by Gasteiger charge is -2.19. The van der Waals surface area contributed by atoms with Gasteiger partial charge < -0.3 is 14.8 Å². The topological polar surface area (TPSA) is 79.5 Å². The van der Waals surface area contributed by atoms with E-state index >= 15 is 0 Å². The van der Waals surface area contributed by atoms with Crippen molar-refractivity contribution >= 4 is 27.8 Å². The van der Waals surface area contributed by atoms with Crippen LogP contribution < -0.4 is 5.32 Å². The molecule has 0 bridgehead atoms. The molecule has 1 heterocycles. The summed E-state index contributed by atoms with van der Waals surface area (Å²) in [4.78, 5) is 23.0. The van der Waals surface area contributed by atoms with E-state index in [1.54, 1.807) is 19.9 Å². The molecule has 1 aromatic heterocycles. The first-order valence-electron chi connectivity index (χ1n) is 5.66. The summed E-state index contributed by atoms with van der Waals surface area (Å²) in [6, 6.07) is 0.749. The molecule has 2 atom stereocenters. The van der Waals surface area contributed by atoms with E-state index < -0.39 is 17.9 Å². The van der Waals surface area contributed by atoms with Crippen molar-refractivity contribution in [2.75, 3.05) is 0 Å². The number of furan rings is 1. The Morgan fingerprint density at radius 2 is 2.17 bits per heavy atom. The molecule has 18 heavy (non-hydrogen) atoms. The lowest BCUT2D eigenvalue weighted by atomic mass is 9.99. The molecule has 0 fully saturated rings. The van der Waals surface area contributed by atoms with Crippen LogP contribution in [-0.2, 0) is 4.79 Å². The van der Waals surface area contributed by atoms with Gasteiger partial charge in [-0.15, -0.1) is 0 Å². The summed E-state index contributed by atoms with van der Waals surface area (Å²) >= 11 is 3.13. The quantitative estimate of drug-likeness (QED) is 0.874. The van der Waals surface area contributed by atoms with Crippen LogP contribution in [0.1, 0.15) is 36.4 Å². The van der Waals surface area contributed by atoms with E-state index in [1.807, 2.05) is 6.92 Å². The van der Waals surface area contributed by atoms with Crippen molar-refractivity contribution in [1.29, 1.82) is 0 Å². The van der Waals surface area contributed by atoms with Crippen molar-refractivity contribution < 1.29 is 19.1 Å². The highest BCUT2D eigenvalue weighted by Crippen LogP contribution is 2.20. The van der Waals surface area contributed by atoms with Crippen LogP contribution in [0.4, 0.5) is 0 Å². The molecular formula is C12H16BrNO4. The SMILES string of the molecule is CC[C@H](C)[C@H](NC(=O)c1oc(Br)cc1C)C(=O)O. The molecule has 0 spiro atoms. The smallest absolute Gasteiger partial charge is 0.326 e. The van der Waals surface area contributed by atoms with Gasteiger partial charge in [0.2, 0.25) is 0 Å². The van der Waals surface area contributed by atoms with E-state index in [-0.39, 0.29) is 11.7 Å². The van der Waals surface area contributed by atoms with Crippen LogP contribution in [-0.4, -0.2) is 23.0 Å². The number of amides is 1. The monoisotopic (exact) mass is 317 g/mol. The maximum Gasteiger partial charge on any atom is 0.326 e. The minimum Gasteiger partial charge on any atom is -0.480 e. The number of carboxylic acids is 1. The summed E-state index contributed by atoms with van der Waals surface area (Å²) in [5.74, 6) is -1.56. The number of aryl methyl sites for hydroxylation is 1. The van der Waals surface area contributed by atoms with E-state index in [0.717, 1.165) is 0 Å². The zero-order chi connectivity index (χ0) is 13.9. The molecule has 2 N–H and O–H groups in total. The maximum absolute atomic E-state index is 11.9. The van der Waals surface area contributed by atoms with Crippen LogP contribution in [0.25, 0.3) is 0 Å².